The number of hydrogen-bond donors (Lipinski definition) is 0. The minimum Gasteiger partial charge on any atom is -0.351 e. The Morgan fingerprint density at radius 3 is 3.00 bits per heavy atom. The van der Waals surface area contributed by atoms with Gasteiger partial charge in [0.15, 0.2) is 0 Å². The average Bonchev–Trinajstić information content (AvgIpc) is 2.79. The van der Waals surface area contributed by atoms with E-state index in [1.54, 1.807) is 22.6 Å². The molecule has 0 bridgehead atoms. The van der Waals surface area contributed by atoms with Crippen molar-refractivity contribution in [2.75, 3.05) is 25.0 Å². The number of aryl methyl sites for hydroxylation is 1. The largest absolute Gasteiger partial charge is 0.351 e. The lowest BCUT2D eigenvalue weighted by Crippen LogP contribution is -2.59. The molecule has 20 heavy (non-hydrogen) atoms. The van der Waals surface area contributed by atoms with Gasteiger partial charge < -0.3 is 9.80 Å². The van der Waals surface area contributed by atoms with Gasteiger partial charge in [0.1, 0.15) is 12.1 Å². The maximum Gasteiger partial charge on any atom is 0.246 e. The fraction of sp³-hybridized carbons (Fsp3) is 0.357. The van der Waals surface area contributed by atoms with Crippen LogP contribution in [0.4, 0.5) is 5.82 Å². The van der Waals surface area contributed by atoms with Gasteiger partial charge in [0.25, 0.3) is 0 Å². The maximum atomic E-state index is 11.6. The zero-order valence-corrected chi connectivity index (χ0v) is 12.4. The Balaban J connectivity index is 1.79. The molecule has 0 saturated carbocycles. The third-order valence-corrected chi connectivity index (χ3v) is 4.83. The molecule has 0 N–H and O–H groups in total. The summed E-state index contributed by atoms with van der Waals surface area (Å²) in [4.78, 5) is 24.2. The van der Waals surface area contributed by atoms with Gasteiger partial charge in [0.05, 0.1) is 16.3 Å². The van der Waals surface area contributed by atoms with Crippen LogP contribution in [0.5, 0.6) is 0 Å². The van der Waals surface area contributed by atoms with Gasteiger partial charge in [-0.05, 0) is 23.9 Å². The van der Waals surface area contributed by atoms with Crippen LogP contribution in [0.3, 0.4) is 0 Å². The van der Waals surface area contributed by atoms with Crippen LogP contribution in [0.15, 0.2) is 24.4 Å². The first-order chi connectivity index (χ1) is 9.61. The van der Waals surface area contributed by atoms with Crippen molar-refractivity contribution in [3.8, 4) is 0 Å². The van der Waals surface area contributed by atoms with Gasteiger partial charge in [-0.15, -0.1) is 11.3 Å². The van der Waals surface area contributed by atoms with Crippen LogP contribution < -0.4 is 4.90 Å². The van der Waals surface area contributed by atoms with Crippen molar-refractivity contribution >= 4 is 33.3 Å². The summed E-state index contributed by atoms with van der Waals surface area (Å²) >= 11 is 1.68. The van der Waals surface area contributed by atoms with E-state index in [0.717, 1.165) is 29.1 Å². The second-order valence-electron chi connectivity index (χ2n) is 5.01. The van der Waals surface area contributed by atoms with E-state index < -0.39 is 0 Å². The Hall–Kier alpha value is -1.95. The van der Waals surface area contributed by atoms with Gasteiger partial charge in [-0.3, -0.25) is 4.79 Å². The smallest absolute Gasteiger partial charge is 0.246 e. The van der Waals surface area contributed by atoms with Crippen molar-refractivity contribution in [3.05, 3.63) is 29.9 Å². The van der Waals surface area contributed by atoms with Crippen LogP contribution >= 0.6 is 11.3 Å². The highest BCUT2D eigenvalue weighted by Crippen LogP contribution is 2.33. The predicted octanol–water partition coefficient (Wildman–Crippen LogP) is 1.83. The number of rotatable bonds is 3. The normalized spacial score (nSPS) is 15.2. The van der Waals surface area contributed by atoms with Crippen LogP contribution in [0.1, 0.15) is 5.56 Å². The number of aromatic nitrogens is 2. The van der Waals surface area contributed by atoms with E-state index in [4.69, 9.17) is 0 Å². The molecule has 1 fully saturated rings. The van der Waals surface area contributed by atoms with Crippen molar-refractivity contribution in [2.24, 2.45) is 0 Å². The van der Waals surface area contributed by atoms with Gasteiger partial charge in [-0.1, -0.05) is 6.58 Å². The molecule has 3 heterocycles. The Kier molecular flexibility index (Phi) is 3.17. The first-order valence-corrected chi connectivity index (χ1v) is 7.32. The van der Waals surface area contributed by atoms with E-state index in [0.29, 0.717) is 0 Å². The van der Waals surface area contributed by atoms with Crippen molar-refractivity contribution in [2.45, 2.75) is 13.0 Å². The highest BCUT2D eigenvalue weighted by molar-refractivity contribution is 7.18. The van der Waals surface area contributed by atoms with E-state index >= 15 is 0 Å². The zero-order valence-electron chi connectivity index (χ0n) is 11.5. The number of amides is 1. The Labute approximate surface area is 121 Å². The lowest BCUT2D eigenvalue weighted by molar-refractivity contribution is -0.127. The number of thiophene rings is 1. The molecule has 1 saturated heterocycles. The molecule has 0 aliphatic carbocycles. The van der Waals surface area contributed by atoms with Crippen LogP contribution in [-0.2, 0) is 4.79 Å². The molecular weight excluding hydrogens is 272 g/mol. The van der Waals surface area contributed by atoms with Gasteiger partial charge >= 0.3 is 0 Å². The van der Waals surface area contributed by atoms with E-state index in [9.17, 15) is 4.79 Å². The molecular formula is C14H16N4OS. The first kappa shape index (κ1) is 13.1. The molecule has 0 radical (unpaired) electrons. The molecule has 0 atom stereocenters. The number of carbonyl (C=O) groups is 1. The fourth-order valence-corrected chi connectivity index (χ4v) is 3.40. The summed E-state index contributed by atoms with van der Waals surface area (Å²) in [7, 11) is 1.82. The molecule has 5 nitrogen and oxygen atoms in total. The number of carbonyl (C=O) groups excluding carboxylic acids is 1. The number of likely N-dealkylation sites (N-methyl/N-ethyl adjacent to an activating group) is 1. The van der Waals surface area contributed by atoms with Crippen molar-refractivity contribution in [1.82, 2.24) is 14.9 Å². The molecule has 3 rings (SSSR count). The van der Waals surface area contributed by atoms with E-state index in [2.05, 4.69) is 33.8 Å². The molecule has 0 unspecified atom stereocenters. The van der Waals surface area contributed by atoms with Gasteiger partial charge in [-0.2, -0.15) is 0 Å². The molecule has 1 aliphatic rings. The van der Waals surface area contributed by atoms with Crippen molar-refractivity contribution in [3.63, 3.8) is 0 Å². The second kappa shape index (κ2) is 4.86. The van der Waals surface area contributed by atoms with E-state index in [-0.39, 0.29) is 11.9 Å². The third-order valence-electron chi connectivity index (χ3n) is 3.74. The highest BCUT2D eigenvalue weighted by atomic mass is 32.1. The molecule has 2 aromatic heterocycles. The lowest BCUT2D eigenvalue weighted by Gasteiger charge is -2.44. The minimum absolute atomic E-state index is 0.0329. The zero-order chi connectivity index (χ0) is 14.3. The third kappa shape index (κ3) is 1.96. The number of anilines is 1. The predicted molar refractivity (Wildman–Crippen MR) is 81.1 cm³/mol. The Morgan fingerprint density at radius 1 is 1.55 bits per heavy atom. The van der Waals surface area contributed by atoms with Gasteiger partial charge in [0, 0.05) is 20.1 Å². The first-order valence-electron chi connectivity index (χ1n) is 6.44. The maximum absolute atomic E-state index is 11.6. The number of fused-ring (bicyclic) bond motifs is 1. The number of hydrogen-bond acceptors (Lipinski definition) is 5. The topological polar surface area (TPSA) is 49.3 Å². The molecule has 0 spiro atoms. The highest BCUT2D eigenvalue weighted by Gasteiger charge is 2.33. The van der Waals surface area contributed by atoms with Crippen molar-refractivity contribution < 1.29 is 4.79 Å². The quantitative estimate of drug-likeness (QED) is 0.809. The SMILES string of the molecule is C=CC(=O)N(C)C1CN(c2ncnc3c(C)csc23)C1. The van der Waals surface area contributed by atoms with Crippen LogP contribution in [-0.4, -0.2) is 47.0 Å². The molecule has 2 aromatic rings. The minimum atomic E-state index is -0.0329. The van der Waals surface area contributed by atoms with Crippen molar-refractivity contribution in [1.29, 1.82) is 0 Å². The molecule has 6 heteroatoms. The summed E-state index contributed by atoms with van der Waals surface area (Å²) in [6.07, 6.45) is 2.97. The Bertz CT molecular complexity index is 675. The monoisotopic (exact) mass is 288 g/mol. The van der Waals surface area contributed by atoms with Crippen LogP contribution in [0, 0.1) is 6.92 Å². The van der Waals surface area contributed by atoms with E-state index in [1.807, 2.05) is 7.05 Å². The molecule has 104 valence electrons. The summed E-state index contributed by atoms with van der Waals surface area (Å²) < 4.78 is 1.13. The molecule has 1 aliphatic heterocycles. The van der Waals surface area contributed by atoms with E-state index in [1.165, 1.54) is 11.6 Å². The van der Waals surface area contributed by atoms with Crippen LogP contribution in [0.25, 0.3) is 10.2 Å². The standard InChI is InChI=1S/C14H16N4OS/c1-4-11(19)17(3)10-5-18(6-10)14-13-12(15-8-16-14)9(2)7-20-13/h4,7-8,10H,1,5-6H2,2-3H3. The fourth-order valence-electron chi connectivity index (χ4n) is 2.38. The number of nitrogens with zero attached hydrogens (tertiary/aromatic N) is 4. The summed E-state index contributed by atoms with van der Waals surface area (Å²) in [6.45, 7) is 7.19. The summed E-state index contributed by atoms with van der Waals surface area (Å²) in [5, 5.41) is 2.10. The average molecular weight is 288 g/mol. The van der Waals surface area contributed by atoms with Gasteiger partial charge in [0.2, 0.25) is 5.91 Å². The lowest BCUT2D eigenvalue weighted by atomic mass is 10.1. The summed E-state index contributed by atoms with van der Waals surface area (Å²) in [5.41, 5.74) is 2.21. The second-order valence-corrected chi connectivity index (χ2v) is 5.89. The molecule has 1 amide bonds. The Morgan fingerprint density at radius 2 is 2.30 bits per heavy atom. The van der Waals surface area contributed by atoms with Crippen LogP contribution in [0.2, 0.25) is 0 Å². The summed E-state index contributed by atoms with van der Waals surface area (Å²) in [5.74, 6) is 0.943. The van der Waals surface area contributed by atoms with Gasteiger partial charge in [-0.25, -0.2) is 9.97 Å². The molecule has 0 aromatic carbocycles. The summed E-state index contributed by atoms with van der Waals surface area (Å²) in [6, 6.07) is 0.228.